The molecule has 7 nitrogen and oxygen atoms in total. The number of piperazine rings is 1. The van der Waals surface area contributed by atoms with Gasteiger partial charge in [-0.3, -0.25) is 19.7 Å². The highest BCUT2D eigenvalue weighted by Gasteiger charge is 2.43. The molecule has 0 aromatic carbocycles. The highest BCUT2D eigenvalue weighted by atomic mass is 32.1. The number of carbonyl (C=O) groups excluding carboxylic acids is 1. The Morgan fingerprint density at radius 2 is 2.12 bits per heavy atom. The molecule has 0 bridgehead atoms. The van der Waals surface area contributed by atoms with Crippen LogP contribution in [0.25, 0.3) is 10.7 Å². The Labute approximate surface area is 151 Å². The minimum Gasteiger partial charge on any atom is -0.349 e. The standard InChI is InChI=1S/C15H17F3N6OS/c16-15(17,18)12(24-5-3-19-4-6-24)8-22-13(25)11-9-26-14(23-11)10-7-20-1-2-21-10/h1-2,7,9,12,19H,3-6,8H2,(H,22,25). The zero-order chi connectivity index (χ0) is 18.6. The summed E-state index contributed by atoms with van der Waals surface area (Å²) in [6.07, 6.45) is 0.0953. The molecule has 3 rings (SSSR count). The molecule has 1 amide bonds. The molecule has 1 atom stereocenters. The summed E-state index contributed by atoms with van der Waals surface area (Å²) in [5, 5.41) is 7.35. The smallest absolute Gasteiger partial charge is 0.349 e. The number of rotatable bonds is 5. The Morgan fingerprint density at radius 3 is 2.77 bits per heavy atom. The van der Waals surface area contributed by atoms with Crippen LogP contribution in [0, 0.1) is 0 Å². The van der Waals surface area contributed by atoms with Crippen LogP contribution in [0.15, 0.2) is 24.0 Å². The summed E-state index contributed by atoms with van der Waals surface area (Å²) in [5.41, 5.74) is 0.572. The fourth-order valence-electron chi connectivity index (χ4n) is 2.63. The fourth-order valence-corrected chi connectivity index (χ4v) is 3.39. The molecule has 2 aromatic heterocycles. The molecule has 1 saturated heterocycles. The van der Waals surface area contributed by atoms with Gasteiger partial charge >= 0.3 is 6.18 Å². The molecule has 1 aliphatic rings. The number of hydrogen-bond donors (Lipinski definition) is 2. The number of halogens is 3. The van der Waals surface area contributed by atoms with Crippen LogP contribution >= 0.6 is 11.3 Å². The number of alkyl halides is 3. The van der Waals surface area contributed by atoms with Crippen LogP contribution < -0.4 is 10.6 Å². The summed E-state index contributed by atoms with van der Waals surface area (Å²) in [4.78, 5) is 25.7. The maximum Gasteiger partial charge on any atom is 0.405 e. The molecule has 2 N–H and O–H groups in total. The van der Waals surface area contributed by atoms with Gasteiger partial charge in [-0.1, -0.05) is 0 Å². The number of nitrogens with one attached hydrogen (secondary N) is 2. The van der Waals surface area contributed by atoms with Crippen molar-refractivity contribution in [3.8, 4) is 10.7 Å². The summed E-state index contributed by atoms with van der Waals surface area (Å²) in [7, 11) is 0. The summed E-state index contributed by atoms with van der Waals surface area (Å²) >= 11 is 1.18. The van der Waals surface area contributed by atoms with E-state index in [-0.39, 0.29) is 18.8 Å². The average molecular weight is 386 g/mol. The Kier molecular flexibility index (Phi) is 5.79. The monoisotopic (exact) mass is 386 g/mol. The largest absolute Gasteiger partial charge is 0.405 e. The Hall–Kier alpha value is -2.11. The van der Waals surface area contributed by atoms with Gasteiger partial charge in [0.15, 0.2) is 0 Å². The van der Waals surface area contributed by atoms with Gasteiger partial charge < -0.3 is 10.6 Å². The van der Waals surface area contributed by atoms with E-state index in [0.717, 1.165) is 0 Å². The van der Waals surface area contributed by atoms with Gasteiger partial charge in [-0.05, 0) is 0 Å². The van der Waals surface area contributed by atoms with Gasteiger partial charge in [-0.25, -0.2) is 4.98 Å². The number of thiazole rings is 1. The number of carbonyl (C=O) groups is 1. The van der Waals surface area contributed by atoms with E-state index in [1.165, 1.54) is 40.2 Å². The summed E-state index contributed by atoms with van der Waals surface area (Å²) in [6.45, 7) is 1.05. The second-order valence-electron chi connectivity index (χ2n) is 5.68. The molecule has 1 fully saturated rings. The normalized spacial score (nSPS) is 17.0. The SMILES string of the molecule is O=C(NCC(N1CCNCC1)C(F)(F)F)c1csc(-c2cnccn2)n1. The quantitative estimate of drug-likeness (QED) is 0.803. The van der Waals surface area contributed by atoms with Gasteiger partial charge in [-0.15, -0.1) is 11.3 Å². The van der Waals surface area contributed by atoms with Crippen molar-refractivity contribution in [3.63, 3.8) is 0 Å². The van der Waals surface area contributed by atoms with Crippen molar-refractivity contribution in [3.05, 3.63) is 29.7 Å². The van der Waals surface area contributed by atoms with Crippen LogP contribution in [-0.2, 0) is 0 Å². The lowest BCUT2D eigenvalue weighted by Gasteiger charge is -2.35. The Balaban J connectivity index is 1.64. The molecule has 0 saturated carbocycles. The first-order valence-electron chi connectivity index (χ1n) is 7.97. The third kappa shape index (κ3) is 4.54. The van der Waals surface area contributed by atoms with E-state index in [2.05, 4.69) is 25.6 Å². The van der Waals surface area contributed by atoms with Gasteiger partial charge in [0.25, 0.3) is 5.91 Å². The predicted molar refractivity (Wildman–Crippen MR) is 89.8 cm³/mol. The van der Waals surface area contributed by atoms with Gasteiger partial charge in [0.1, 0.15) is 22.4 Å². The lowest BCUT2D eigenvalue weighted by Crippen LogP contribution is -2.57. The molecule has 1 unspecified atom stereocenters. The van der Waals surface area contributed by atoms with Gasteiger partial charge in [0, 0.05) is 50.5 Å². The maximum absolute atomic E-state index is 13.3. The Morgan fingerprint density at radius 1 is 1.35 bits per heavy atom. The van der Waals surface area contributed by atoms with E-state index >= 15 is 0 Å². The van der Waals surface area contributed by atoms with Crippen molar-refractivity contribution in [2.45, 2.75) is 12.2 Å². The number of aromatic nitrogens is 3. The van der Waals surface area contributed by atoms with Crippen LogP contribution in [0.2, 0.25) is 0 Å². The van der Waals surface area contributed by atoms with E-state index in [9.17, 15) is 18.0 Å². The molecule has 0 radical (unpaired) electrons. The van der Waals surface area contributed by atoms with Crippen LogP contribution in [0.3, 0.4) is 0 Å². The van der Waals surface area contributed by atoms with Crippen molar-refractivity contribution in [1.29, 1.82) is 0 Å². The third-order valence-electron chi connectivity index (χ3n) is 3.95. The van der Waals surface area contributed by atoms with E-state index in [4.69, 9.17) is 0 Å². The van der Waals surface area contributed by atoms with E-state index in [1.54, 1.807) is 0 Å². The fraction of sp³-hybridized carbons (Fsp3) is 0.467. The molecule has 3 heterocycles. The first kappa shape index (κ1) is 18.7. The second kappa shape index (κ2) is 8.06. The van der Waals surface area contributed by atoms with E-state index in [0.29, 0.717) is 23.8 Å². The van der Waals surface area contributed by atoms with Crippen LogP contribution in [-0.4, -0.2) is 70.7 Å². The highest BCUT2D eigenvalue weighted by molar-refractivity contribution is 7.13. The van der Waals surface area contributed by atoms with E-state index in [1.807, 2.05) is 0 Å². The highest BCUT2D eigenvalue weighted by Crippen LogP contribution is 2.25. The molecule has 26 heavy (non-hydrogen) atoms. The number of hydrogen-bond acceptors (Lipinski definition) is 7. The molecule has 140 valence electrons. The van der Waals surface area contributed by atoms with Gasteiger partial charge in [0.2, 0.25) is 0 Å². The molecule has 0 aliphatic carbocycles. The first-order valence-corrected chi connectivity index (χ1v) is 8.84. The van der Waals surface area contributed by atoms with Crippen molar-refractivity contribution in [2.24, 2.45) is 0 Å². The topological polar surface area (TPSA) is 83.0 Å². The number of nitrogens with zero attached hydrogens (tertiary/aromatic N) is 4. The molecule has 11 heteroatoms. The van der Waals surface area contributed by atoms with Crippen LogP contribution in [0.4, 0.5) is 13.2 Å². The van der Waals surface area contributed by atoms with Crippen molar-refractivity contribution in [1.82, 2.24) is 30.5 Å². The van der Waals surface area contributed by atoms with Gasteiger partial charge in [-0.2, -0.15) is 13.2 Å². The third-order valence-corrected chi connectivity index (χ3v) is 4.81. The zero-order valence-corrected chi connectivity index (χ0v) is 14.5. The van der Waals surface area contributed by atoms with E-state index < -0.39 is 24.7 Å². The minimum absolute atomic E-state index is 0.0666. The summed E-state index contributed by atoms with van der Waals surface area (Å²) in [6, 6.07) is -1.72. The zero-order valence-electron chi connectivity index (χ0n) is 13.7. The maximum atomic E-state index is 13.3. The average Bonchev–Trinajstić information content (AvgIpc) is 3.12. The molecular weight excluding hydrogens is 369 g/mol. The van der Waals surface area contributed by atoms with Crippen LogP contribution in [0.5, 0.6) is 0 Å². The minimum atomic E-state index is -4.42. The molecule has 2 aromatic rings. The molecule has 1 aliphatic heterocycles. The lowest BCUT2D eigenvalue weighted by molar-refractivity contribution is -0.183. The lowest BCUT2D eigenvalue weighted by atomic mass is 10.2. The second-order valence-corrected chi connectivity index (χ2v) is 6.54. The Bertz CT molecular complexity index is 732. The first-order chi connectivity index (χ1) is 12.4. The summed E-state index contributed by atoms with van der Waals surface area (Å²) < 4.78 is 40.0. The van der Waals surface area contributed by atoms with Crippen molar-refractivity contribution >= 4 is 17.2 Å². The van der Waals surface area contributed by atoms with Crippen molar-refractivity contribution < 1.29 is 18.0 Å². The number of amides is 1. The van der Waals surface area contributed by atoms with Crippen LogP contribution in [0.1, 0.15) is 10.5 Å². The van der Waals surface area contributed by atoms with Crippen molar-refractivity contribution in [2.75, 3.05) is 32.7 Å². The molecular formula is C15H17F3N6OS. The summed E-state index contributed by atoms with van der Waals surface area (Å²) in [5.74, 6) is -0.638. The van der Waals surface area contributed by atoms with Gasteiger partial charge in [0.05, 0.1) is 6.20 Å². The predicted octanol–water partition coefficient (Wildman–Crippen LogP) is 1.17. The molecule has 0 spiro atoms.